The maximum absolute atomic E-state index is 12.0. The summed E-state index contributed by atoms with van der Waals surface area (Å²) in [7, 11) is 1.83. The molecule has 0 aromatic rings. The Hall–Kier alpha value is -1.26. The minimum absolute atomic E-state index is 0.183. The van der Waals surface area contributed by atoms with Crippen LogP contribution in [0.2, 0.25) is 0 Å². The van der Waals surface area contributed by atoms with Crippen molar-refractivity contribution in [3.05, 3.63) is 0 Å². The van der Waals surface area contributed by atoms with E-state index in [1.165, 1.54) is 0 Å². The van der Waals surface area contributed by atoms with Crippen molar-refractivity contribution in [1.29, 1.82) is 0 Å². The molecule has 102 valence electrons. The first-order chi connectivity index (χ1) is 8.26. The van der Waals surface area contributed by atoms with Gasteiger partial charge in [0.1, 0.15) is 5.60 Å². The van der Waals surface area contributed by atoms with Crippen molar-refractivity contribution in [1.82, 2.24) is 9.80 Å². The zero-order chi connectivity index (χ0) is 13.5. The van der Waals surface area contributed by atoms with Crippen LogP contribution < -0.4 is 0 Å². The molecular weight excluding hydrogens is 232 g/mol. The van der Waals surface area contributed by atoms with E-state index in [9.17, 15) is 9.59 Å². The summed E-state index contributed by atoms with van der Waals surface area (Å²) in [5.41, 5.74) is -0.461. The molecule has 0 aliphatic carbocycles. The van der Waals surface area contributed by atoms with Gasteiger partial charge in [0.2, 0.25) is 5.91 Å². The van der Waals surface area contributed by atoms with Crippen LogP contribution in [0.4, 0.5) is 4.79 Å². The summed E-state index contributed by atoms with van der Waals surface area (Å²) in [5, 5.41) is 0. The van der Waals surface area contributed by atoms with Crippen LogP contribution in [0.3, 0.4) is 0 Å². The molecule has 5 heteroatoms. The van der Waals surface area contributed by atoms with Gasteiger partial charge in [-0.2, -0.15) is 0 Å². The molecule has 2 saturated heterocycles. The van der Waals surface area contributed by atoms with Gasteiger partial charge in [0.25, 0.3) is 0 Å². The number of likely N-dealkylation sites (tertiary alicyclic amines) is 2. The predicted octanol–water partition coefficient (Wildman–Crippen LogP) is 1.33. The van der Waals surface area contributed by atoms with E-state index in [4.69, 9.17) is 4.74 Å². The fourth-order valence-electron chi connectivity index (χ4n) is 2.69. The van der Waals surface area contributed by atoms with Gasteiger partial charge in [0, 0.05) is 33.1 Å². The van der Waals surface area contributed by atoms with E-state index in [2.05, 4.69) is 0 Å². The van der Waals surface area contributed by atoms with Crippen LogP contribution in [-0.4, -0.2) is 54.1 Å². The second-order valence-corrected chi connectivity index (χ2v) is 6.38. The van der Waals surface area contributed by atoms with Crippen LogP contribution in [0.1, 0.15) is 27.2 Å². The van der Waals surface area contributed by atoms with Crippen molar-refractivity contribution in [2.45, 2.75) is 32.8 Å². The van der Waals surface area contributed by atoms with E-state index in [-0.39, 0.29) is 12.0 Å². The second kappa shape index (κ2) is 4.44. The molecule has 0 spiro atoms. The zero-order valence-corrected chi connectivity index (χ0v) is 11.6. The third-order valence-corrected chi connectivity index (χ3v) is 3.60. The maximum Gasteiger partial charge on any atom is 0.410 e. The number of rotatable bonds is 0. The Kier molecular flexibility index (Phi) is 3.25. The molecule has 2 rings (SSSR count). The van der Waals surface area contributed by atoms with Crippen LogP contribution >= 0.6 is 0 Å². The molecule has 2 aliphatic rings. The van der Waals surface area contributed by atoms with Crippen LogP contribution in [0.15, 0.2) is 0 Å². The smallest absolute Gasteiger partial charge is 0.410 e. The summed E-state index contributed by atoms with van der Waals surface area (Å²) in [4.78, 5) is 27.1. The lowest BCUT2D eigenvalue weighted by Crippen LogP contribution is -2.41. The number of carbonyl (C=O) groups excluding carboxylic acids is 2. The summed E-state index contributed by atoms with van der Waals surface area (Å²) >= 11 is 0. The van der Waals surface area contributed by atoms with E-state index < -0.39 is 5.60 Å². The predicted molar refractivity (Wildman–Crippen MR) is 67.0 cm³/mol. The maximum atomic E-state index is 12.0. The molecule has 2 amide bonds. The highest BCUT2D eigenvalue weighted by Crippen LogP contribution is 2.31. The van der Waals surface area contributed by atoms with Crippen molar-refractivity contribution < 1.29 is 14.3 Å². The quantitative estimate of drug-likeness (QED) is 0.655. The SMILES string of the molecule is CN1C[C@H]2CN(C(=O)OC(C)(C)C)C[C@H]2CC1=O. The van der Waals surface area contributed by atoms with Crippen molar-refractivity contribution >= 4 is 12.0 Å². The standard InChI is InChI=1S/C13H22N2O3/c1-13(2,3)18-12(17)15-7-9-5-11(16)14(4)6-10(9)8-15/h9-10H,5-8H2,1-4H3/t9-,10+/m1/s1. The summed E-state index contributed by atoms with van der Waals surface area (Å²) in [6.07, 6.45) is 0.299. The van der Waals surface area contributed by atoms with E-state index in [1.807, 2.05) is 27.8 Å². The van der Waals surface area contributed by atoms with Crippen molar-refractivity contribution in [3.63, 3.8) is 0 Å². The first kappa shape index (κ1) is 13.2. The lowest BCUT2D eigenvalue weighted by atomic mass is 9.88. The molecule has 2 atom stereocenters. The van der Waals surface area contributed by atoms with Crippen LogP contribution in [-0.2, 0) is 9.53 Å². The van der Waals surface area contributed by atoms with E-state index in [1.54, 1.807) is 9.80 Å². The molecule has 0 N–H and O–H groups in total. The van der Waals surface area contributed by atoms with Crippen molar-refractivity contribution in [2.24, 2.45) is 11.8 Å². The number of ether oxygens (including phenoxy) is 1. The Labute approximate surface area is 108 Å². The lowest BCUT2D eigenvalue weighted by Gasteiger charge is -2.30. The van der Waals surface area contributed by atoms with Crippen molar-refractivity contribution in [2.75, 3.05) is 26.7 Å². The summed E-state index contributed by atoms with van der Waals surface area (Å²) in [6, 6.07) is 0. The third-order valence-electron chi connectivity index (χ3n) is 3.60. The first-order valence-corrected chi connectivity index (χ1v) is 6.48. The molecule has 0 bridgehead atoms. The van der Waals surface area contributed by atoms with Gasteiger partial charge in [-0.3, -0.25) is 4.79 Å². The number of fused-ring (bicyclic) bond motifs is 1. The second-order valence-electron chi connectivity index (χ2n) is 6.38. The van der Waals surface area contributed by atoms with Gasteiger partial charge in [-0.15, -0.1) is 0 Å². The molecular formula is C13H22N2O3. The molecule has 0 aromatic carbocycles. The fourth-order valence-corrected chi connectivity index (χ4v) is 2.69. The molecule has 2 fully saturated rings. The number of amides is 2. The van der Waals surface area contributed by atoms with Gasteiger partial charge in [-0.05, 0) is 32.6 Å². The molecule has 5 nitrogen and oxygen atoms in total. The number of hydrogen-bond acceptors (Lipinski definition) is 3. The summed E-state index contributed by atoms with van der Waals surface area (Å²) in [6.45, 7) is 7.71. The molecule has 0 radical (unpaired) electrons. The van der Waals surface area contributed by atoms with Crippen LogP contribution in [0.25, 0.3) is 0 Å². The van der Waals surface area contributed by atoms with E-state index >= 15 is 0 Å². The monoisotopic (exact) mass is 254 g/mol. The van der Waals surface area contributed by atoms with Crippen LogP contribution in [0, 0.1) is 11.8 Å². The Morgan fingerprint density at radius 3 is 2.44 bits per heavy atom. The Morgan fingerprint density at radius 2 is 1.83 bits per heavy atom. The zero-order valence-electron chi connectivity index (χ0n) is 11.6. The van der Waals surface area contributed by atoms with Gasteiger partial charge in [0.15, 0.2) is 0 Å². The first-order valence-electron chi connectivity index (χ1n) is 6.48. The van der Waals surface area contributed by atoms with E-state index in [0.29, 0.717) is 31.3 Å². The minimum atomic E-state index is -0.461. The van der Waals surface area contributed by atoms with Gasteiger partial charge in [-0.25, -0.2) is 4.79 Å². The highest BCUT2D eigenvalue weighted by atomic mass is 16.6. The van der Waals surface area contributed by atoms with Gasteiger partial charge >= 0.3 is 6.09 Å². The normalized spacial score (nSPS) is 28.3. The number of piperidine rings is 1. The molecule has 2 heterocycles. The van der Waals surface area contributed by atoms with Crippen LogP contribution in [0.5, 0.6) is 0 Å². The minimum Gasteiger partial charge on any atom is -0.444 e. The average molecular weight is 254 g/mol. The van der Waals surface area contributed by atoms with Gasteiger partial charge in [0.05, 0.1) is 0 Å². The molecule has 18 heavy (non-hydrogen) atoms. The molecule has 2 aliphatic heterocycles. The topological polar surface area (TPSA) is 49.9 Å². The van der Waals surface area contributed by atoms with Gasteiger partial charge in [-0.1, -0.05) is 0 Å². The highest BCUT2D eigenvalue weighted by molar-refractivity contribution is 5.77. The Bertz CT molecular complexity index is 362. The third kappa shape index (κ3) is 2.76. The van der Waals surface area contributed by atoms with Crippen molar-refractivity contribution in [3.8, 4) is 0 Å². The Balaban J connectivity index is 1.96. The highest BCUT2D eigenvalue weighted by Gasteiger charge is 2.41. The molecule has 0 unspecified atom stereocenters. The van der Waals surface area contributed by atoms with E-state index in [0.717, 1.165) is 6.54 Å². The number of hydrogen-bond donors (Lipinski definition) is 0. The number of carbonyl (C=O) groups is 2. The number of nitrogens with zero attached hydrogens (tertiary/aromatic N) is 2. The molecule has 0 saturated carbocycles. The fraction of sp³-hybridized carbons (Fsp3) is 0.846. The summed E-state index contributed by atoms with van der Waals surface area (Å²) < 4.78 is 5.37. The average Bonchev–Trinajstić information content (AvgIpc) is 2.59. The largest absolute Gasteiger partial charge is 0.444 e. The lowest BCUT2D eigenvalue weighted by molar-refractivity contribution is -0.134. The Morgan fingerprint density at radius 1 is 1.22 bits per heavy atom. The van der Waals surface area contributed by atoms with Gasteiger partial charge < -0.3 is 14.5 Å². The summed E-state index contributed by atoms with van der Waals surface area (Å²) in [5.74, 6) is 0.892. The molecule has 0 aromatic heterocycles.